The van der Waals surface area contributed by atoms with E-state index in [1.165, 1.54) is 12.1 Å². The Hall–Kier alpha value is -3.88. The summed E-state index contributed by atoms with van der Waals surface area (Å²) < 4.78 is 19.1. The zero-order chi connectivity index (χ0) is 19.2. The van der Waals surface area contributed by atoms with Gasteiger partial charge in [0.05, 0.1) is 6.20 Å². The van der Waals surface area contributed by atoms with Crippen LogP contribution >= 0.6 is 0 Å². The van der Waals surface area contributed by atoms with Gasteiger partial charge in [-0.2, -0.15) is 4.98 Å². The Balaban J connectivity index is 1.71. The van der Waals surface area contributed by atoms with Crippen molar-refractivity contribution in [1.29, 1.82) is 0 Å². The number of benzene rings is 2. The molecule has 0 aliphatic carbocycles. The van der Waals surface area contributed by atoms with Gasteiger partial charge in [-0.25, -0.2) is 9.37 Å². The van der Waals surface area contributed by atoms with Crippen molar-refractivity contribution >= 4 is 29.0 Å². The molecule has 1 heterocycles. The molecule has 0 unspecified atom stereocenters. The molecular formula is C18H16FN5O3. The van der Waals surface area contributed by atoms with Gasteiger partial charge in [0.2, 0.25) is 5.95 Å². The number of nitrogens with zero attached hydrogens (tertiary/aromatic N) is 2. The number of primary amides is 1. The van der Waals surface area contributed by atoms with E-state index in [2.05, 4.69) is 20.6 Å². The third kappa shape index (κ3) is 5.05. The minimum absolute atomic E-state index is 0.0421. The van der Waals surface area contributed by atoms with Gasteiger partial charge < -0.3 is 26.2 Å². The van der Waals surface area contributed by atoms with Crippen LogP contribution in [0.25, 0.3) is 0 Å². The highest BCUT2D eigenvalue weighted by Gasteiger charge is 2.08. The Morgan fingerprint density at radius 1 is 1.15 bits per heavy atom. The van der Waals surface area contributed by atoms with Gasteiger partial charge in [-0.05, 0) is 36.4 Å². The first-order chi connectivity index (χ1) is 13.0. The van der Waals surface area contributed by atoms with E-state index in [1.807, 2.05) is 0 Å². The molecule has 0 aliphatic rings. The van der Waals surface area contributed by atoms with Crippen LogP contribution in [0, 0.1) is 5.82 Å². The number of carbonyl (C=O) groups is 1. The molecule has 3 rings (SSSR count). The average molecular weight is 369 g/mol. The maximum Gasteiger partial charge on any atom is 0.255 e. The first kappa shape index (κ1) is 17.9. The highest BCUT2D eigenvalue weighted by molar-refractivity contribution is 5.75. The SMILES string of the molecule is NC(=O)COc1ccc(Nc2ncc(F)c(Nc3cccc(O)c3)n2)cc1. The van der Waals surface area contributed by atoms with E-state index in [0.717, 1.165) is 6.20 Å². The number of phenols is 1. The molecule has 0 fully saturated rings. The van der Waals surface area contributed by atoms with E-state index in [4.69, 9.17) is 10.5 Å². The number of rotatable bonds is 7. The van der Waals surface area contributed by atoms with Crippen molar-refractivity contribution in [1.82, 2.24) is 9.97 Å². The van der Waals surface area contributed by atoms with E-state index in [0.29, 0.717) is 17.1 Å². The molecule has 0 spiro atoms. The maximum atomic E-state index is 14.0. The van der Waals surface area contributed by atoms with Crippen LogP contribution in [0.2, 0.25) is 0 Å². The molecule has 2 aromatic carbocycles. The van der Waals surface area contributed by atoms with Gasteiger partial charge in [0.15, 0.2) is 18.2 Å². The monoisotopic (exact) mass is 369 g/mol. The molecule has 0 atom stereocenters. The molecule has 0 bridgehead atoms. The number of amides is 1. The van der Waals surface area contributed by atoms with Crippen molar-refractivity contribution < 1.29 is 19.0 Å². The van der Waals surface area contributed by atoms with Crippen LogP contribution in [0.1, 0.15) is 0 Å². The van der Waals surface area contributed by atoms with Crippen molar-refractivity contribution in [2.24, 2.45) is 5.73 Å². The summed E-state index contributed by atoms with van der Waals surface area (Å²) in [6.07, 6.45) is 1.03. The number of nitrogens with one attached hydrogen (secondary N) is 2. The van der Waals surface area contributed by atoms with Gasteiger partial charge in [0.25, 0.3) is 5.91 Å². The van der Waals surface area contributed by atoms with Crippen molar-refractivity contribution in [2.75, 3.05) is 17.2 Å². The van der Waals surface area contributed by atoms with Crippen molar-refractivity contribution in [3.05, 3.63) is 60.5 Å². The zero-order valence-corrected chi connectivity index (χ0v) is 14.0. The second-order valence-electron chi connectivity index (χ2n) is 5.47. The van der Waals surface area contributed by atoms with Crippen LogP contribution < -0.4 is 21.1 Å². The lowest BCUT2D eigenvalue weighted by Crippen LogP contribution is -2.19. The summed E-state index contributed by atoms with van der Waals surface area (Å²) in [5.74, 6) is -0.552. The number of carbonyl (C=O) groups excluding carboxylic acids is 1. The summed E-state index contributed by atoms with van der Waals surface area (Å²) in [6.45, 7) is -0.210. The molecule has 9 heteroatoms. The molecule has 0 saturated carbocycles. The van der Waals surface area contributed by atoms with Crippen molar-refractivity contribution in [2.45, 2.75) is 0 Å². The molecule has 138 valence electrons. The standard InChI is InChI=1S/C18H16FN5O3/c19-15-9-21-18(24-17(15)22-12-2-1-3-13(25)8-12)23-11-4-6-14(7-5-11)27-10-16(20)26/h1-9,25H,10H2,(H2,20,26)(H2,21,22,23,24). The molecule has 0 saturated heterocycles. The Morgan fingerprint density at radius 3 is 2.63 bits per heavy atom. The van der Waals surface area contributed by atoms with Crippen LogP contribution in [0.5, 0.6) is 11.5 Å². The van der Waals surface area contributed by atoms with E-state index in [1.54, 1.807) is 36.4 Å². The van der Waals surface area contributed by atoms with E-state index in [9.17, 15) is 14.3 Å². The van der Waals surface area contributed by atoms with Gasteiger partial charge >= 0.3 is 0 Å². The molecule has 0 aliphatic heterocycles. The minimum atomic E-state index is -0.640. The van der Waals surface area contributed by atoms with Gasteiger partial charge in [0.1, 0.15) is 11.5 Å². The molecule has 27 heavy (non-hydrogen) atoms. The van der Waals surface area contributed by atoms with Gasteiger partial charge in [-0.1, -0.05) is 6.07 Å². The van der Waals surface area contributed by atoms with Crippen LogP contribution in [0.15, 0.2) is 54.7 Å². The van der Waals surface area contributed by atoms with Crippen LogP contribution in [0.3, 0.4) is 0 Å². The second-order valence-corrected chi connectivity index (χ2v) is 5.47. The van der Waals surface area contributed by atoms with Crippen molar-refractivity contribution in [3.63, 3.8) is 0 Å². The number of aromatic nitrogens is 2. The smallest absolute Gasteiger partial charge is 0.255 e. The highest BCUT2D eigenvalue weighted by atomic mass is 19.1. The van der Waals surface area contributed by atoms with Gasteiger partial charge in [0, 0.05) is 17.4 Å². The predicted octanol–water partition coefficient (Wildman–Crippen LogP) is 2.67. The summed E-state index contributed by atoms with van der Waals surface area (Å²) in [5, 5.41) is 15.2. The third-order valence-electron chi connectivity index (χ3n) is 3.34. The first-order valence-electron chi connectivity index (χ1n) is 7.86. The summed E-state index contributed by atoms with van der Waals surface area (Å²) in [6, 6.07) is 12.9. The number of hydrogen-bond donors (Lipinski definition) is 4. The van der Waals surface area contributed by atoms with E-state index >= 15 is 0 Å². The molecule has 5 N–H and O–H groups in total. The fourth-order valence-electron chi connectivity index (χ4n) is 2.15. The van der Waals surface area contributed by atoms with Crippen LogP contribution in [0.4, 0.5) is 27.5 Å². The molecule has 8 nitrogen and oxygen atoms in total. The van der Waals surface area contributed by atoms with Crippen LogP contribution in [-0.2, 0) is 4.79 Å². The number of phenolic OH excluding ortho intramolecular Hbond substituents is 1. The third-order valence-corrected chi connectivity index (χ3v) is 3.34. The number of halogens is 1. The average Bonchev–Trinajstić information content (AvgIpc) is 2.64. The Morgan fingerprint density at radius 2 is 1.93 bits per heavy atom. The normalized spacial score (nSPS) is 10.3. The zero-order valence-electron chi connectivity index (χ0n) is 14.0. The molecule has 1 aromatic heterocycles. The lowest BCUT2D eigenvalue weighted by Gasteiger charge is -2.10. The molecule has 0 radical (unpaired) electrons. The van der Waals surface area contributed by atoms with Gasteiger partial charge in [-0.3, -0.25) is 4.79 Å². The number of hydrogen-bond acceptors (Lipinski definition) is 7. The Kier molecular flexibility index (Phi) is 5.31. The highest BCUT2D eigenvalue weighted by Crippen LogP contribution is 2.23. The first-order valence-corrected chi connectivity index (χ1v) is 7.86. The summed E-state index contributed by atoms with van der Waals surface area (Å²) in [7, 11) is 0. The Labute approximate surface area is 153 Å². The number of aromatic hydroxyl groups is 1. The second kappa shape index (κ2) is 8.00. The lowest BCUT2D eigenvalue weighted by atomic mass is 10.3. The molecule has 1 amide bonds. The molecular weight excluding hydrogens is 353 g/mol. The quantitative estimate of drug-likeness (QED) is 0.505. The summed E-state index contributed by atoms with van der Waals surface area (Å²) in [4.78, 5) is 18.7. The topological polar surface area (TPSA) is 122 Å². The minimum Gasteiger partial charge on any atom is -0.508 e. The van der Waals surface area contributed by atoms with E-state index < -0.39 is 11.7 Å². The molecule has 3 aromatic rings. The van der Waals surface area contributed by atoms with Crippen LogP contribution in [-0.4, -0.2) is 27.6 Å². The Bertz CT molecular complexity index is 950. The number of ether oxygens (including phenoxy) is 1. The summed E-state index contributed by atoms with van der Waals surface area (Å²) >= 11 is 0. The largest absolute Gasteiger partial charge is 0.508 e. The maximum absolute atomic E-state index is 14.0. The number of anilines is 4. The fourth-order valence-corrected chi connectivity index (χ4v) is 2.15. The van der Waals surface area contributed by atoms with Crippen molar-refractivity contribution in [3.8, 4) is 11.5 Å². The fraction of sp³-hybridized carbons (Fsp3) is 0.0556. The lowest BCUT2D eigenvalue weighted by molar-refractivity contribution is -0.119. The summed E-state index contributed by atoms with van der Waals surface area (Å²) in [5.41, 5.74) is 6.14. The number of nitrogens with two attached hydrogens (primary N) is 1. The van der Waals surface area contributed by atoms with E-state index in [-0.39, 0.29) is 24.1 Å². The van der Waals surface area contributed by atoms with Gasteiger partial charge in [-0.15, -0.1) is 0 Å². The predicted molar refractivity (Wildman–Crippen MR) is 97.8 cm³/mol.